The van der Waals surface area contributed by atoms with Crippen LogP contribution < -0.4 is 11.4 Å². The fourth-order valence-corrected chi connectivity index (χ4v) is 6.40. The number of rotatable bonds is 6. The van der Waals surface area contributed by atoms with Crippen LogP contribution >= 0.6 is 0 Å². The summed E-state index contributed by atoms with van der Waals surface area (Å²) in [5, 5.41) is -14.3. The Morgan fingerprint density at radius 2 is 0.327 bits per heavy atom. The predicted octanol–water partition coefficient (Wildman–Crippen LogP) is 10.6. The van der Waals surface area contributed by atoms with Gasteiger partial charge < -0.3 is 11.4 Å². The first-order valence-corrected chi connectivity index (χ1v) is 15.0. The lowest BCUT2D eigenvalue weighted by atomic mass is 10.1. The van der Waals surface area contributed by atoms with Gasteiger partial charge in [-0.3, -0.25) is 0 Å². The Morgan fingerprint density at radius 1 is 0.182 bits per heavy atom. The van der Waals surface area contributed by atoms with Crippen molar-refractivity contribution in [2.24, 2.45) is 0 Å². The molecule has 0 unspecified atom stereocenters. The van der Waals surface area contributed by atoms with Gasteiger partial charge in [-0.1, -0.05) is 0 Å². The zero-order valence-electron chi connectivity index (χ0n) is 24.7. The normalized spacial score (nSPS) is 11.7. The molecule has 0 radical (unpaired) electrons. The van der Waals surface area contributed by atoms with E-state index < -0.39 is 187 Å². The van der Waals surface area contributed by atoms with Gasteiger partial charge in [0.15, 0.2) is 122 Å². The molecule has 25 heteroatoms. The molecule has 0 atom stereocenters. The molecule has 0 fully saturated rings. The average molecular weight is 834 g/mol. The summed E-state index contributed by atoms with van der Waals surface area (Å²) in [4.78, 5) is 0. The Kier molecular flexibility index (Phi) is 9.56. The van der Waals surface area contributed by atoms with E-state index in [2.05, 4.69) is 11.4 Å². The number of benzene rings is 6. The lowest BCUT2D eigenvalue weighted by Crippen LogP contribution is -2.39. The lowest BCUT2D eigenvalue weighted by Gasteiger charge is -2.21. The molecule has 0 aliphatic carbocycles. The highest BCUT2D eigenvalue weighted by atomic mass is 27.3. The van der Waals surface area contributed by atoms with Gasteiger partial charge in [0.2, 0.25) is 17.5 Å². The maximum atomic E-state index is 15.5. The number of halogens is 21. The summed E-state index contributed by atoms with van der Waals surface area (Å²) in [6.45, 7) is 0. The minimum atomic E-state index is -6.13. The summed E-state index contributed by atoms with van der Waals surface area (Å²) in [7, 11) is 0. The van der Waals surface area contributed by atoms with E-state index in [1.165, 1.54) is 0 Å². The van der Waals surface area contributed by atoms with Crippen molar-refractivity contribution in [3.63, 3.8) is 0 Å². The van der Waals surface area contributed by atoms with Crippen molar-refractivity contribution in [2.75, 3.05) is 0 Å². The first-order chi connectivity index (χ1) is 25.6. The van der Waals surface area contributed by atoms with E-state index >= 15 is 26.3 Å². The standard InChI is InChI=1S/3C10HF7O.Al/c3*11-3-1-2(4(12)8(16)7(3)15)6(14)10(18)9(17)5(1)13;/h3*18H;/q;;;+3/p-3. The van der Waals surface area contributed by atoms with Crippen LogP contribution in [0.15, 0.2) is 0 Å². The molecule has 0 bridgehead atoms. The third kappa shape index (κ3) is 5.48. The highest BCUT2D eigenvalue weighted by Crippen LogP contribution is 2.42. The SMILES string of the molecule is Fc1c(F)c(F)c2c(F)c([O][Al]([O]c3c(F)c(F)c4c(F)c(F)c(F)c(F)c4c3F)[O]c3c(F)c(F)c4c(F)c(F)c(F)c(F)c4c3F)c(F)c(F)c2c1F. The molecule has 0 aliphatic heterocycles. The summed E-state index contributed by atoms with van der Waals surface area (Å²) in [6, 6.07) is 0. The Balaban J connectivity index is 1.65. The largest absolute Gasteiger partial charge is 1.20 e. The molecule has 0 aliphatic rings. The van der Waals surface area contributed by atoms with Crippen molar-refractivity contribution in [3.8, 4) is 17.2 Å². The second kappa shape index (κ2) is 13.4. The summed E-state index contributed by atoms with van der Waals surface area (Å²) >= 11 is -6.13. The first kappa shape index (κ1) is 39.3. The molecule has 0 heterocycles. The molecule has 288 valence electrons. The van der Waals surface area contributed by atoms with Crippen molar-refractivity contribution in [1.29, 1.82) is 0 Å². The van der Waals surface area contributed by atoms with Gasteiger partial charge in [-0.25, -0.2) is 79.0 Å². The van der Waals surface area contributed by atoms with E-state index in [4.69, 9.17) is 0 Å². The van der Waals surface area contributed by atoms with Crippen molar-refractivity contribution in [2.45, 2.75) is 0 Å². The van der Waals surface area contributed by atoms with Gasteiger partial charge >= 0.3 is 15.1 Å². The second-order valence-corrected chi connectivity index (χ2v) is 11.8. The van der Waals surface area contributed by atoms with Crippen LogP contribution in [0.1, 0.15) is 0 Å². The van der Waals surface area contributed by atoms with Crippen LogP contribution in [0.3, 0.4) is 0 Å². The van der Waals surface area contributed by atoms with E-state index in [1.807, 2.05) is 0 Å². The van der Waals surface area contributed by atoms with Gasteiger partial charge in [0, 0.05) is 0 Å². The lowest BCUT2D eigenvalue weighted by molar-refractivity contribution is 0.264. The highest BCUT2D eigenvalue weighted by Gasteiger charge is 2.51. The maximum absolute atomic E-state index is 15.5. The summed E-state index contributed by atoms with van der Waals surface area (Å²) < 4.78 is 319. The van der Waals surface area contributed by atoms with E-state index in [-0.39, 0.29) is 0 Å². The molecule has 6 rings (SSSR count). The van der Waals surface area contributed by atoms with Gasteiger partial charge in [-0.15, -0.1) is 0 Å². The molecule has 0 amide bonds. The van der Waals surface area contributed by atoms with Crippen LogP contribution in [0.2, 0.25) is 0 Å². The van der Waals surface area contributed by atoms with Crippen molar-refractivity contribution >= 4 is 47.5 Å². The minimum Gasteiger partial charge on any atom is -0.573 e. The third-order valence-corrected chi connectivity index (χ3v) is 8.82. The Labute approximate surface area is 290 Å². The Hall–Kier alpha value is -5.44. The number of hydrogen-bond donors (Lipinski definition) is 0. The zero-order chi connectivity index (χ0) is 41.0. The molecule has 0 saturated carbocycles. The molecule has 6 aromatic rings. The van der Waals surface area contributed by atoms with Gasteiger partial charge in [0.05, 0.1) is 32.3 Å². The Morgan fingerprint density at radius 3 is 0.509 bits per heavy atom. The van der Waals surface area contributed by atoms with Crippen molar-refractivity contribution < 1.29 is 104 Å². The highest BCUT2D eigenvalue weighted by molar-refractivity contribution is 6.39. The maximum Gasteiger partial charge on any atom is 1.20 e. The molecule has 55 heavy (non-hydrogen) atoms. The molecular weight excluding hydrogens is 834 g/mol. The molecule has 0 spiro atoms. The molecule has 0 aromatic heterocycles. The zero-order valence-corrected chi connectivity index (χ0v) is 25.9. The summed E-state index contributed by atoms with van der Waals surface area (Å²) in [5.41, 5.74) is 0. The van der Waals surface area contributed by atoms with Crippen LogP contribution in [0, 0.1) is 122 Å². The van der Waals surface area contributed by atoms with E-state index in [9.17, 15) is 65.9 Å². The topological polar surface area (TPSA) is 27.7 Å². The van der Waals surface area contributed by atoms with Crippen molar-refractivity contribution in [3.05, 3.63) is 122 Å². The van der Waals surface area contributed by atoms with Crippen LogP contribution in [-0.4, -0.2) is 15.1 Å². The monoisotopic (exact) mass is 834 g/mol. The fourth-order valence-electron chi connectivity index (χ4n) is 5.06. The number of fused-ring (bicyclic) bond motifs is 3. The van der Waals surface area contributed by atoms with Gasteiger partial charge in [0.25, 0.3) is 0 Å². The second-order valence-electron chi connectivity index (χ2n) is 10.5. The van der Waals surface area contributed by atoms with Crippen LogP contribution in [0.5, 0.6) is 17.2 Å². The van der Waals surface area contributed by atoms with Gasteiger partial charge in [-0.2, -0.15) is 13.2 Å². The van der Waals surface area contributed by atoms with Crippen LogP contribution in [0.4, 0.5) is 92.2 Å². The smallest absolute Gasteiger partial charge is 0.573 e. The quantitative estimate of drug-likeness (QED) is 0.0724. The molecule has 0 saturated heterocycles. The van der Waals surface area contributed by atoms with Crippen molar-refractivity contribution in [1.82, 2.24) is 0 Å². The van der Waals surface area contributed by atoms with Crippen LogP contribution in [-0.2, 0) is 0 Å². The van der Waals surface area contributed by atoms with E-state index in [1.54, 1.807) is 0 Å². The van der Waals surface area contributed by atoms with Crippen LogP contribution in [0.25, 0.3) is 32.3 Å². The third-order valence-electron chi connectivity index (χ3n) is 7.53. The predicted molar refractivity (Wildman–Crippen MR) is 139 cm³/mol. The first-order valence-electron chi connectivity index (χ1n) is 13.5. The Bertz CT molecular complexity index is 2430. The number of hydrogen-bond acceptors (Lipinski definition) is 3. The molecule has 6 aromatic carbocycles. The average Bonchev–Trinajstić information content (AvgIpc) is 3.15. The van der Waals surface area contributed by atoms with E-state index in [0.717, 1.165) is 0 Å². The minimum absolute atomic E-state index is 2.36. The van der Waals surface area contributed by atoms with E-state index in [0.29, 0.717) is 0 Å². The summed E-state index contributed by atoms with van der Waals surface area (Å²) in [5.74, 6) is -69.2. The summed E-state index contributed by atoms with van der Waals surface area (Å²) in [6.07, 6.45) is 0. The molecule has 0 N–H and O–H groups in total. The fraction of sp³-hybridized carbons (Fsp3) is 0. The molecular formula is C30AlF21O3. The molecule has 3 nitrogen and oxygen atoms in total. The van der Waals surface area contributed by atoms with Gasteiger partial charge in [0.1, 0.15) is 0 Å². The van der Waals surface area contributed by atoms with Gasteiger partial charge in [-0.05, 0) is 0 Å².